The number of hydrogen-bond donors (Lipinski definition) is 0. The van der Waals surface area contributed by atoms with Gasteiger partial charge in [-0.05, 0) is 48.1 Å². The molecule has 0 saturated carbocycles. The largest absolute Gasteiger partial charge is 0.282 e. The zero-order valence-electron chi connectivity index (χ0n) is 18.7. The molecule has 0 radical (unpaired) electrons. The van der Waals surface area contributed by atoms with Crippen LogP contribution in [0.5, 0.6) is 0 Å². The Balaban J connectivity index is 1.41. The van der Waals surface area contributed by atoms with E-state index >= 15 is 0 Å². The fourth-order valence-electron chi connectivity index (χ4n) is 4.58. The Morgan fingerprint density at radius 3 is 2.62 bits per heavy atom. The van der Waals surface area contributed by atoms with Gasteiger partial charge in [0.2, 0.25) is 0 Å². The third-order valence-corrected chi connectivity index (χ3v) is 7.57. The van der Waals surface area contributed by atoms with E-state index in [0.717, 1.165) is 39.8 Å². The van der Waals surface area contributed by atoms with E-state index in [9.17, 15) is 0 Å². The molecule has 0 unspecified atom stereocenters. The minimum Gasteiger partial charge on any atom is -0.282 e. The second-order valence-electron chi connectivity index (χ2n) is 8.33. The highest BCUT2D eigenvalue weighted by Gasteiger charge is 2.14. The maximum atomic E-state index is 5.72. The molecule has 0 N–H and O–H groups in total. The molecule has 162 valence electrons. The number of hydrogen-bond acceptors (Lipinski definition) is 3. The van der Waals surface area contributed by atoms with Gasteiger partial charge in [0.05, 0.1) is 0 Å². The molecule has 34 heavy (non-hydrogen) atoms. The van der Waals surface area contributed by atoms with Gasteiger partial charge in [0.1, 0.15) is 0 Å². The number of terminal acetylenes is 1. The summed E-state index contributed by atoms with van der Waals surface area (Å²) >= 11 is 1.86. The third-order valence-electron chi connectivity index (χ3n) is 6.31. The lowest BCUT2D eigenvalue weighted by Crippen LogP contribution is -1.97. The van der Waals surface area contributed by atoms with Crippen molar-refractivity contribution in [2.24, 2.45) is 0 Å². The van der Waals surface area contributed by atoms with Gasteiger partial charge in [0.25, 0.3) is 0 Å². The van der Waals surface area contributed by atoms with Crippen LogP contribution in [0.3, 0.4) is 0 Å². The summed E-state index contributed by atoms with van der Waals surface area (Å²) in [5, 5.41) is 13.9. The summed E-state index contributed by atoms with van der Waals surface area (Å²) in [4.78, 5) is 0. The summed E-state index contributed by atoms with van der Waals surface area (Å²) in [6, 6.07) is 25.5. The molecule has 0 aliphatic rings. The summed E-state index contributed by atoms with van der Waals surface area (Å²) in [6.07, 6.45) is 12.6. The lowest BCUT2D eigenvalue weighted by atomic mass is 10.0. The summed E-state index contributed by atoms with van der Waals surface area (Å²) in [7, 11) is 0. The van der Waals surface area contributed by atoms with Gasteiger partial charge in [-0.1, -0.05) is 72.7 Å². The van der Waals surface area contributed by atoms with Crippen molar-refractivity contribution in [1.29, 1.82) is 0 Å². The number of rotatable bonds is 4. The normalized spacial score (nSPS) is 12.7. The van der Waals surface area contributed by atoms with Crippen LogP contribution >= 0.6 is 11.3 Å². The number of nitrogens with zero attached hydrogens (tertiary/aromatic N) is 3. The van der Waals surface area contributed by atoms with Crippen molar-refractivity contribution in [2.75, 3.05) is 0 Å². The standard InChI is InChI=1S/C30H21N3S/c1-3-9-23(29-31-32-30-24-12-5-4-10-21(24)18-19-33(29)30)20(2)16-17-22-11-8-14-26-25-13-6-7-15-27(25)34-28(22)26/h1,4-16,18-19H,17H2,2H3/b20-16-,23-9+. The number of benzene rings is 3. The summed E-state index contributed by atoms with van der Waals surface area (Å²) < 4.78 is 4.69. The molecule has 6 aromatic rings. The maximum absolute atomic E-state index is 5.72. The van der Waals surface area contributed by atoms with Gasteiger partial charge in [-0.3, -0.25) is 4.40 Å². The average molecular weight is 456 g/mol. The van der Waals surface area contributed by atoms with Crippen LogP contribution in [0.4, 0.5) is 0 Å². The lowest BCUT2D eigenvalue weighted by molar-refractivity contribution is 1.06. The predicted molar refractivity (Wildman–Crippen MR) is 144 cm³/mol. The smallest absolute Gasteiger partial charge is 0.169 e. The average Bonchev–Trinajstić information content (AvgIpc) is 3.48. The third kappa shape index (κ3) is 3.30. The predicted octanol–water partition coefficient (Wildman–Crippen LogP) is 7.46. The van der Waals surface area contributed by atoms with Crippen LogP contribution < -0.4 is 0 Å². The number of allylic oxidation sites excluding steroid dienone is 4. The van der Waals surface area contributed by atoms with Crippen LogP contribution in [0.15, 0.2) is 96.7 Å². The summed E-state index contributed by atoms with van der Waals surface area (Å²) in [5.74, 6) is 3.46. The van der Waals surface area contributed by atoms with E-state index < -0.39 is 0 Å². The van der Waals surface area contributed by atoms with Crippen LogP contribution in [0.25, 0.3) is 42.2 Å². The first-order valence-corrected chi connectivity index (χ1v) is 12.0. The monoisotopic (exact) mass is 455 g/mol. The zero-order chi connectivity index (χ0) is 23.1. The Bertz CT molecular complexity index is 1810. The Labute approximate surface area is 201 Å². The quantitative estimate of drug-likeness (QED) is 0.204. The van der Waals surface area contributed by atoms with Crippen molar-refractivity contribution in [3.05, 3.63) is 108 Å². The van der Waals surface area contributed by atoms with Crippen LogP contribution in [0.2, 0.25) is 0 Å². The molecule has 4 heteroatoms. The van der Waals surface area contributed by atoms with Gasteiger partial charge < -0.3 is 0 Å². The molecule has 6 rings (SSSR count). The fourth-order valence-corrected chi connectivity index (χ4v) is 5.80. The van der Waals surface area contributed by atoms with Crippen LogP contribution in [0, 0.1) is 12.3 Å². The van der Waals surface area contributed by atoms with Gasteiger partial charge in [-0.15, -0.1) is 28.0 Å². The fraction of sp³-hybridized carbons (Fsp3) is 0.0667. The van der Waals surface area contributed by atoms with Crippen molar-refractivity contribution in [3.8, 4) is 12.3 Å². The van der Waals surface area contributed by atoms with Gasteiger partial charge in [0.15, 0.2) is 11.5 Å². The Hall–Kier alpha value is -4.20. The molecule has 0 spiro atoms. The molecule has 0 bridgehead atoms. The van der Waals surface area contributed by atoms with Gasteiger partial charge >= 0.3 is 0 Å². The van der Waals surface area contributed by atoms with E-state index in [2.05, 4.69) is 89.8 Å². The second kappa shape index (κ2) is 8.30. The van der Waals surface area contributed by atoms with Crippen molar-refractivity contribution >= 4 is 53.5 Å². The number of thiophene rings is 1. The van der Waals surface area contributed by atoms with E-state index in [1.165, 1.54) is 25.7 Å². The Morgan fingerprint density at radius 2 is 1.74 bits per heavy atom. The first-order chi connectivity index (χ1) is 16.7. The SMILES string of the molecule is C#C/C=C(\C(C)=C/Cc1cccc2c1sc1ccccc12)c1nnc2c3ccccc3ccn12. The highest BCUT2D eigenvalue weighted by Crippen LogP contribution is 2.36. The molecular weight excluding hydrogens is 434 g/mol. The van der Waals surface area contributed by atoms with Crippen LogP contribution in [-0.2, 0) is 6.42 Å². The molecule has 3 nitrogen and oxygen atoms in total. The van der Waals surface area contributed by atoms with E-state index in [-0.39, 0.29) is 0 Å². The minimum absolute atomic E-state index is 0.757. The highest BCUT2D eigenvalue weighted by atomic mass is 32.1. The van der Waals surface area contributed by atoms with Crippen LogP contribution in [0.1, 0.15) is 18.3 Å². The molecule has 3 aromatic carbocycles. The number of fused-ring (bicyclic) bond motifs is 6. The summed E-state index contributed by atoms with van der Waals surface area (Å²) in [5.41, 5.74) is 4.14. The lowest BCUT2D eigenvalue weighted by Gasteiger charge is -2.08. The maximum Gasteiger partial charge on any atom is 0.169 e. The van der Waals surface area contributed by atoms with Gasteiger partial charge in [-0.2, -0.15) is 0 Å². The van der Waals surface area contributed by atoms with Crippen molar-refractivity contribution < 1.29 is 0 Å². The molecule has 3 heterocycles. The van der Waals surface area contributed by atoms with Crippen LogP contribution in [-0.4, -0.2) is 14.6 Å². The summed E-state index contributed by atoms with van der Waals surface area (Å²) in [6.45, 7) is 2.09. The zero-order valence-corrected chi connectivity index (χ0v) is 19.5. The first kappa shape index (κ1) is 20.4. The van der Waals surface area contributed by atoms with Crippen molar-refractivity contribution in [2.45, 2.75) is 13.3 Å². The van der Waals surface area contributed by atoms with Gasteiger partial charge in [0, 0.05) is 37.3 Å². The molecule has 0 amide bonds. The molecular formula is C30H21N3S. The van der Waals surface area contributed by atoms with E-state index in [4.69, 9.17) is 6.42 Å². The number of aromatic nitrogens is 3. The second-order valence-corrected chi connectivity index (χ2v) is 9.38. The van der Waals surface area contributed by atoms with E-state index in [1.807, 2.05) is 34.1 Å². The molecule has 0 atom stereocenters. The molecule has 0 aliphatic heterocycles. The molecule has 0 aliphatic carbocycles. The van der Waals surface area contributed by atoms with Crippen molar-refractivity contribution in [1.82, 2.24) is 14.6 Å². The van der Waals surface area contributed by atoms with E-state index in [0.29, 0.717) is 0 Å². The molecule has 3 aromatic heterocycles. The van der Waals surface area contributed by atoms with Crippen molar-refractivity contribution in [3.63, 3.8) is 0 Å². The Kier molecular flexibility index (Phi) is 4.98. The van der Waals surface area contributed by atoms with E-state index in [1.54, 1.807) is 6.08 Å². The minimum atomic E-state index is 0.757. The molecule has 0 saturated heterocycles. The highest BCUT2D eigenvalue weighted by molar-refractivity contribution is 7.26. The Morgan fingerprint density at radius 1 is 0.941 bits per heavy atom. The van der Waals surface area contributed by atoms with Gasteiger partial charge in [-0.25, -0.2) is 0 Å². The first-order valence-electron chi connectivity index (χ1n) is 11.2. The number of pyridine rings is 1. The topological polar surface area (TPSA) is 30.2 Å². The molecule has 0 fully saturated rings.